The second kappa shape index (κ2) is 6.09. The lowest BCUT2D eigenvalue weighted by atomic mass is 9.95. The molecule has 1 aliphatic heterocycles. The first-order valence-electron chi connectivity index (χ1n) is 7.47. The highest BCUT2D eigenvalue weighted by Gasteiger charge is 2.25. The number of hydrogen-bond acceptors (Lipinski definition) is 2. The van der Waals surface area contributed by atoms with Crippen molar-refractivity contribution < 1.29 is 26.4 Å². The Morgan fingerprint density at radius 3 is 2.35 bits per heavy atom. The minimum absolute atomic E-state index is 0. The number of pyridine rings is 1. The van der Waals surface area contributed by atoms with Crippen molar-refractivity contribution in [1.29, 1.82) is 0 Å². The van der Waals surface area contributed by atoms with E-state index >= 15 is 0 Å². The molecule has 0 saturated heterocycles. The predicted octanol–water partition coefficient (Wildman–Crippen LogP) is 0.372. The molecule has 2 aromatic carbocycles. The Morgan fingerprint density at radius 1 is 0.913 bits per heavy atom. The molecule has 0 saturated carbocycles. The molecule has 0 N–H and O–H groups in total. The van der Waals surface area contributed by atoms with E-state index in [0.29, 0.717) is 0 Å². The van der Waals surface area contributed by atoms with E-state index in [2.05, 4.69) is 53.2 Å². The summed E-state index contributed by atoms with van der Waals surface area (Å²) in [5, 5.41) is 2.53. The van der Waals surface area contributed by atoms with E-state index in [1.807, 2.05) is 0 Å². The molecular weight excluding hydrogens is 310 g/mol. The third-order valence-electron chi connectivity index (χ3n) is 4.40. The lowest BCUT2D eigenvalue weighted by molar-refractivity contribution is -0.686. The number of fused-ring (bicyclic) bond motifs is 4. The summed E-state index contributed by atoms with van der Waals surface area (Å²) >= 11 is 0. The van der Waals surface area contributed by atoms with E-state index < -0.39 is 0 Å². The average molecular weight is 328 g/mol. The highest BCUT2D eigenvalue weighted by Crippen LogP contribution is 2.37. The number of nitrogens with zero attached hydrogens (tertiary/aromatic N) is 1. The van der Waals surface area contributed by atoms with Crippen LogP contribution < -0.4 is 26.4 Å². The fourth-order valence-corrected chi connectivity index (χ4v) is 3.25. The maximum Gasteiger partial charge on any atom is 0.213 e. The normalized spacial score (nSPS) is 12.1. The molecule has 1 aliphatic rings. The van der Waals surface area contributed by atoms with Crippen molar-refractivity contribution in [1.82, 2.24) is 0 Å². The highest BCUT2D eigenvalue weighted by molar-refractivity contribution is 5.84. The second-order valence-electron chi connectivity index (χ2n) is 5.60. The van der Waals surface area contributed by atoms with Crippen LogP contribution in [0.4, 0.5) is 0 Å². The first-order chi connectivity index (χ1) is 10.8. The number of rotatable bonds is 2. The first kappa shape index (κ1) is 15.6. The summed E-state index contributed by atoms with van der Waals surface area (Å²) < 4.78 is 13.2. The van der Waals surface area contributed by atoms with Gasteiger partial charge in [0.1, 0.15) is 0 Å². The van der Waals surface area contributed by atoms with Crippen LogP contribution >= 0.6 is 0 Å². The average Bonchev–Trinajstić information content (AvgIpc) is 2.58. The van der Waals surface area contributed by atoms with Gasteiger partial charge in [-0.15, -0.1) is 0 Å². The summed E-state index contributed by atoms with van der Waals surface area (Å²) in [6, 6.07) is 14.9. The van der Waals surface area contributed by atoms with Crippen LogP contribution in [-0.4, -0.2) is 14.2 Å². The van der Waals surface area contributed by atoms with E-state index in [-0.39, 0.29) is 12.4 Å². The fourth-order valence-electron chi connectivity index (χ4n) is 3.25. The molecule has 0 amide bonds. The van der Waals surface area contributed by atoms with Gasteiger partial charge in [-0.3, -0.25) is 0 Å². The van der Waals surface area contributed by atoms with Crippen molar-refractivity contribution in [2.75, 3.05) is 14.2 Å². The van der Waals surface area contributed by atoms with Crippen LogP contribution in [0.3, 0.4) is 0 Å². The molecule has 1 aromatic heterocycles. The molecule has 0 bridgehead atoms. The molecule has 4 heteroatoms. The smallest absolute Gasteiger partial charge is 0.213 e. The van der Waals surface area contributed by atoms with Crippen molar-refractivity contribution in [3.8, 4) is 22.8 Å². The number of hydrogen-bond donors (Lipinski definition) is 0. The molecule has 0 aliphatic carbocycles. The predicted molar refractivity (Wildman–Crippen MR) is 86.4 cm³/mol. The molecule has 23 heavy (non-hydrogen) atoms. The zero-order valence-corrected chi connectivity index (χ0v) is 13.9. The molecule has 3 nitrogen and oxygen atoms in total. The lowest BCUT2D eigenvalue weighted by Gasteiger charge is -2.18. The minimum Gasteiger partial charge on any atom is -1.00 e. The van der Waals surface area contributed by atoms with Crippen LogP contribution in [0.5, 0.6) is 11.5 Å². The quantitative estimate of drug-likeness (QED) is 0.635. The summed E-state index contributed by atoms with van der Waals surface area (Å²) in [7, 11) is 3.37. The first-order valence-corrected chi connectivity index (χ1v) is 7.47. The van der Waals surface area contributed by atoms with E-state index in [1.165, 1.54) is 27.6 Å². The van der Waals surface area contributed by atoms with Gasteiger partial charge in [0.25, 0.3) is 0 Å². The maximum atomic E-state index is 5.47. The largest absolute Gasteiger partial charge is 1.00 e. The molecule has 0 fully saturated rings. The fraction of sp³-hybridized carbons (Fsp3) is 0.211. The number of ether oxygens (including phenoxy) is 2. The molecule has 3 aromatic rings. The Bertz CT molecular complexity index is 877. The monoisotopic (exact) mass is 327 g/mol. The van der Waals surface area contributed by atoms with Crippen LogP contribution in [-0.2, 0) is 13.0 Å². The highest BCUT2D eigenvalue weighted by atomic mass is 35.5. The van der Waals surface area contributed by atoms with Crippen LogP contribution in [0, 0.1) is 0 Å². The molecular formula is C19H18ClNO2. The third kappa shape index (κ3) is 2.51. The number of halogens is 1. The summed E-state index contributed by atoms with van der Waals surface area (Å²) in [5.74, 6) is 1.58. The van der Waals surface area contributed by atoms with E-state index in [1.54, 1.807) is 14.2 Å². The zero-order chi connectivity index (χ0) is 15.1. The third-order valence-corrected chi connectivity index (χ3v) is 4.40. The summed E-state index contributed by atoms with van der Waals surface area (Å²) in [6.45, 7) is 0.989. The number of methoxy groups -OCH3 is 2. The van der Waals surface area contributed by atoms with Gasteiger partial charge in [0.15, 0.2) is 24.2 Å². The molecule has 118 valence electrons. The van der Waals surface area contributed by atoms with Crippen molar-refractivity contribution in [2.45, 2.75) is 13.0 Å². The standard InChI is InChI=1S/C19H18NO2.ClH/c1-21-18-10-14-7-8-20-12-15-6-4-3-5-13(15)9-17(20)16(14)11-19(18)22-2;/h3-6,9-12H,7-8H2,1-2H3;1H/q+1;/p-1. The van der Waals surface area contributed by atoms with Gasteiger partial charge in [-0.05, 0) is 29.1 Å². The molecule has 0 spiro atoms. The van der Waals surface area contributed by atoms with Gasteiger partial charge < -0.3 is 21.9 Å². The molecule has 0 atom stereocenters. The number of aromatic nitrogens is 1. The van der Waals surface area contributed by atoms with Crippen LogP contribution in [0.25, 0.3) is 22.0 Å². The zero-order valence-electron chi connectivity index (χ0n) is 13.2. The van der Waals surface area contributed by atoms with E-state index in [4.69, 9.17) is 9.47 Å². The second-order valence-corrected chi connectivity index (χ2v) is 5.60. The van der Waals surface area contributed by atoms with E-state index in [9.17, 15) is 0 Å². The van der Waals surface area contributed by atoms with Gasteiger partial charge in [0, 0.05) is 17.9 Å². The topological polar surface area (TPSA) is 22.3 Å². The Kier molecular flexibility index (Phi) is 4.14. The van der Waals surface area contributed by atoms with Gasteiger partial charge in [-0.1, -0.05) is 18.2 Å². The maximum absolute atomic E-state index is 5.47. The summed E-state index contributed by atoms with van der Waals surface area (Å²) in [4.78, 5) is 0. The lowest BCUT2D eigenvalue weighted by Crippen LogP contribution is -3.00. The Hall–Kier alpha value is -2.26. The van der Waals surface area contributed by atoms with E-state index in [0.717, 1.165) is 24.5 Å². The number of aryl methyl sites for hydroxylation is 2. The van der Waals surface area contributed by atoms with Gasteiger partial charge in [-0.2, -0.15) is 4.57 Å². The molecule has 2 heterocycles. The van der Waals surface area contributed by atoms with Crippen LogP contribution in [0.1, 0.15) is 5.56 Å². The SMILES string of the molecule is COc1cc2c(cc1OC)-c1cc3ccccc3c[n+]1CC2.[Cl-]. The van der Waals surface area contributed by atoms with Gasteiger partial charge >= 0.3 is 0 Å². The van der Waals surface area contributed by atoms with Crippen LogP contribution in [0.15, 0.2) is 48.7 Å². The molecule has 0 unspecified atom stereocenters. The molecule has 0 radical (unpaired) electrons. The summed E-state index contributed by atoms with van der Waals surface area (Å²) in [6.07, 6.45) is 3.25. The Morgan fingerprint density at radius 2 is 1.61 bits per heavy atom. The number of benzene rings is 2. The van der Waals surface area contributed by atoms with Crippen molar-refractivity contribution in [3.63, 3.8) is 0 Å². The Labute approximate surface area is 141 Å². The molecule has 4 rings (SSSR count). The van der Waals surface area contributed by atoms with Crippen molar-refractivity contribution >= 4 is 10.8 Å². The van der Waals surface area contributed by atoms with Crippen molar-refractivity contribution in [2.24, 2.45) is 0 Å². The van der Waals surface area contributed by atoms with Gasteiger partial charge in [0.05, 0.1) is 19.8 Å². The summed E-state index contributed by atoms with van der Waals surface area (Å²) in [5.41, 5.74) is 3.78. The minimum atomic E-state index is 0. The van der Waals surface area contributed by atoms with Crippen molar-refractivity contribution in [3.05, 3.63) is 54.2 Å². The Balaban J connectivity index is 0.00000156. The van der Waals surface area contributed by atoms with Gasteiger partial charge in [0.2, 0.25) is 5.69 Å². The van der Waals surface area contributed by atoms with Gasteiger partial charge in [-0.25, -0.2) is 0 Å². The van der Waals surface area contributed by atoms with Crippen LogP contribution in [0.2, 0.25) is 0 Å².